The van der Waals surface area contributed by atoms with Crippen LogP contribution in [-0.2, 0) is 13.0 Å². The molecule has 0 spiro atoms. The smallest absolute Gasteiger partial charge is 0.226 e. The molecule has 5 nitrogen and oxygen atoms in total. The maximum atomic E-state index is 5.57. The van der Waals surface area contributed by atoms with E-state index in [-0.39, 0.29) is 0 Å². The fraction of sp³-hybridized carbons (Fsp3) is 0.167. The third-order valence-corrected chi connectivity index (χ3v) is 4.50. The number of benzene rings is 1. The molecule has 6 heteroatoms. The van der Waals surface area contributed by atoms with Crippen LogP contribution in [0.15, 0.2) is 52.5 Å². The van der Waals surface area contributed by atoms with Gasteiger partial charge in [-0.2, -0.15) is 0 Å². The van der Waals surface area contributed by atoms with Gasteiger partial charge >= 0.3 is 0 Å². The van der Waals surface area contributed by atoms with E-state index in [2.05, 4.69) is 27.2 Å². The van der Waals surface area contributed by atoms with Gasteiger partial charge in [0.1, 0.15) is 22.7 Å². The summed E-state index contributed by atoms with van der Waals surface area (Å²) >= 11 is 1.63. The van der Waals surface area contributed by atoms with Gasteiger partial charge in [0.25, 0.3) is 0 Å². The second-order valence-corrected chi connectivity index (χ2v) is 6.24. The maximum absolute atomic E-state index is 5.57. The first kappa shape index (κ1) is 14.8. The number of hydrogen-bond donors (Lipinski definition) is 1. The van der Waals surface area contributed by atoms with Gasteiger partial charge in [-0.15, -0.1) is 11.3 Å². The van der Waals surface area contributed by atoms with E-state index in [0.717, 1.165) is 39.5 Å². The minimum atomic E-state index is 0.557. The molecule has 4 rings (SSSR count). The summed E-state index contributed by atoms with van der Waals surface area (Å²) in [4.78, 5) is 14.7. The molecule has 0 saturated heterocycles. The molecule has 0 saturated carbocycles. The predicted octanol–water partition coefficient (Wildman–Crippen LogP) is 4.52. The van der Waals surface area contributed by atoms with Crippen LogP contribution in [0.3, 0.4) is 0 Å². The number of hydrogen-bond acceptors (Lipinski definition) is 6. The first-order valence-corrected chi connectivity index (χ1v) is 8.69. The van der Waals surface area contributed by atoms with Crippen molar-refractivity contribution in [3.05, 3.63) is 59.6 Å². The Kier molecular flexibility index (Phi) is 3.96. The number of aromatic nitrogens is 3. The Balaban J connectivity index is 1.55. The van der Waals surface area contributed by atoms with Crippen LogP contribution in [0.2, 0.25) is 0 Å². The minimum Gasteiger partial charge on any atom is -0.444 e. The fourth-order valence-electron chi connectivity index (χ4n) is 2.47. The monoisotopic (exact) mass is 336 g/mol. The number of rotatable bonds is 5. The highest BCUT2D eigenvalue weighted by atomic mass is 32.1. The Morgan fingerprint density at radius 2 is 1.96 bits per heavy atom. The second-order valence-electron chi connectivity index (χ2n) is 5.34. The van der Waals surface area contributed by atoms with Crippen molar-refractivity contribution in [3.63, 3.8) is 0 Å². The molecule has 0 bridgehead atoms. The van der Waals surface area contributed by atoms with Crippen LogP contribution in [0.4, 0.5) is 5.82 Å². The highest BCUT2D eigenvalue weighted by Crippen LogP contribution is 2.26. The highest BCUT2D eigenvalue weighted by Gasteiger charge is 2.10. The second kappa shape index (κ2) is 6.41. The number of nitrogens with one attached hydrogen (secondary N) is 1. The molecule has 3 aromatic heterocycles. The number of fused-ring (bicyclic) bond motifs is 1. The van der Waals surface area contributed by atoms with Crippen LogP contribution >= 0.6 is 11.3 Å². The lowest BCUT2D eigenvalue weighted by molar-refractivity contribution is 0.573. The molecular weight excluding hydrogens is 320 g/mol. The largest absolute Gasteiger partial charge is 0.444 e. The van der Waals surface area contributed by atoms with Crippen LogP contribution in [-0.4, -0.2) is 15.0 Å². The summed E-state index contributed by atoms with van der Waals surface area (Å²) in [6, 6.07) is 11.9. The van der Waals surface area contributed by atoms with Crippen molar-refractivity contribution in [2.24, 2.45) is 0 Å². The van der Waals surface area contributed by atoms with Crippen molar-refractivity contribution in [3.8, 4) is 11.5 Å². The summed E-state index contributed by atoms with van der Waals surface area (Å²) in [6.45, 7) is 2.61. The number of anilines is 1. The lowest BCUT2D eigenvalue weighted by atomic mass is 10.2. The van der Waals surface area contributed by atoms with Crippen molar-refractivity contribution in [2.45, 2.75) is 19.9 Å². The molecule has 0 aliphatic carbocycles. The summed E-state index contributed by atoms with van der Waals surface area (Å²) in [5.74, 6) is 2.32. The van der Waals surface area contributed by atoms with Crippen molar-refractivity contribution < 1.29 is 4.42 Å². The lowest BCUT2D eigenvalue weighted by Gasteiger charge is -2.06. The Morgan fingerprint density at radius 1 is 1.08 bits per heavy atom. The summed E-state index contributed by atoms with van der Waals surface area (Å²) < 4.78 is 5.57. The minimum absolute atomic E-state index is 0.557. The van der Waals surface area contributed by atoms with E-state index < -0.39 is 0 Å². The molecule has 24 heavy (non-hydrogen) atoms. The molecule has 0 aliphatic rings. The molecule has 3 heterocycles. The van der Waals surface area contributed by atoms with Gasteiger partial charge in [-0.25, -0.2) is 15.0 Å². The van der Waals surface area contributed by atoms with Crippen LogP contribution in [0.1, 0.15) is 18.4 Å². The molecule has 1 N–H and O–H groups in total. The zero-order chi connectivity index (χ0) is 16.4. The van der Waals surface area contributed by atoms with Gasteiger partial charge in [-0.3, -0.25) is 0 Å². The molecule has 1 aromatic carbocycles. The zero-order valence-electron chi connectivity index (χ0n) is 13.2. The Labute approximate surface area is 143 Å². The number of nitrogens with zero attached hydrogens (tertiary/aromatic N) is 3. The quantitative estimate of drug-likeness (QED) is 0.580. The Morgan fingerprint density at radius 3 is 2.79 bits per heavy atom. The van der Waals surface area contributed by atoms with Gasteiger partial charge in [0.15, 0.2) is 0 Å². The molecule has 0 fully saturated rings. The third kappa shape index (κ3) is 2.88. The van der Waals surface area contributed by atoms with E-state index in [1.807, 2.05) is 41.8 Å². The van der Waals surface area contributed by atoms with Crippen LogP contribution in [0.5, 0.6) is 0 Å². The van der Waals surface area contributed by atoms with Gasteiger partial charge in [0.05, 0.1) is 17.6 Å². The summed E-state index contributed by atoms with van der Waals surface area (Å²) in [5, 5.41) is 6.44. The van der Waals surface area contributed by atoms with E-state index in [0.29, 0.717) is 12.4 Å². The van der Waals surface area contributed by atoms with Crippen LogP contribution in [0, 0.1) is 0 Å². The van der Waals surface area contributed by atoms with Crippen LogP contribution < -0.4 is 5.32 Å². The van der Waals surface area contributed by atoms with E-state index in [9.17, 15) is 0 Å². The molecule has 0 atom stereocenters. The molecule has 0 unspecified atom stereocenters. The average Bonchev–Trinajstić information content (AvgIpc) is 3.29. The normalized spacial score (nSPS) is 11.0. The van der Waals surface area contributed by atoms with Gasteiger partial charge in [0, 0.05) is 12.0 Å². The molecular formula is C18H16N4OS. The van der Waals surface area contributed by atoms with E-state index in [1.54, 1.807) is 17.6 Å². The maximum Gasteiger partial charge on any atom is 0.226 e. The molecule has 0 amide bonds. The SMILES string of the molecule is CCc1nc(NCc2coc(-c3ccccc3)n2)c2ccsc2n1. The zero-order valence-corrected chi connectivity index (χ0v) is 14.0. The van der Waals surface area contributed by atoms with Crippen molar-refractivity contribution in [2.75, 3.05) is 5.32 Å². The van der Waals surface area contributed by atoms with E-state index in [4.69, 9.17) is 4.42 Å². The van der Waals surface area contributed by atoms with Crippen molar-refractivity contribution in [1.29, 1.82) is 0 Å². The first-order valence-electron chi connectivity index (χ1n) is 7.81. The fourth-order valence-corrected chi connectivity index (χ4v) is 3.25. The number of thiophene rings is 1. The summed E-state index contributed by atoms with van der Waals surface area (Å²) in [7, 11) is 0. The van der Waals surface area contributed by atoms with Gasteiger partial charge in [0.2, 0.25) is 5.89 Å². The average molecular weight is 336 g/mol. The molecule has 120 valence electrons. The third-order valence-electron chi connectivity index (χ3n) is 3.70. The van der Waals surface area contributed by atoms with E-state index >= 15 is 0 Å². The van der Waals surface area contributed by atoms with Gasteiger partial charge < -0.3 is 9.73 Å². The standard InChI is InChI=1S/C18H16N4OS/c1-2-15-21-16(14-8-9-24-18(14)22-15)19-10-13-11-23-17(20-13)12-6-4-3-5-7-12/h3-9,11H,2,10H2,1H3,(H,19,21,22). The molecule has 0 aliphatic heterocycles. The number of aryl methyl sites for hydroxylation is 1. The Hall–Kier alpha value is -2.73. The van der Waals surface area contributed by atoms with E-state index in [1.165, 1.54) is 0 Å². The molecule has 0 radical (unpaired) electrons. The topological polar surface area (TPSA) is 63.8 Å². The Bertz CT molecular complexity index is 961. The summed E-state index contributed by atoms with van der Waals surface area (Å²) in [5.41, 5.74) is 1.81. The predicted molar refractivity (Wildman–Crippen MR) is 96.1 cm³/mol. The first-order chi connectivity index (χ1) is 11.8. The van der Waals surface area contributed by atoms with Gasteiger partial charge in [-0.05, 0) is 23.6 Å². The van der Waals surface area contributed by atoms with Crippen molar-refractivity contribution in [1.82, 2.24) is 15.0 Å². The number of oxazole rings is 1. The highest BCUT2D eigenvalue weighted by molar-refractivity contribution is 7.16. The summed E-state index contributed by atoms with van der Waals surface area (Å²) in [6.07, 6.45) is 2.49. The molecule has 4 aromatic rings. The van der Waals surface area contributed by atoms with Crippen molar-refractivity contribution >= 4 is 27.4 Å². The van der Waals surface area contributed by atoms with Gasteiger partial charge in [-0.1, -0.05) is 25.1 Å². The van der Waals surface area contributed by atoms with Crippen LogP contribution in [0.25, 0.3) is 21.7 Å². The lowest BCUT2D eigenvalue weighted by Crippen LogP contribution is -2.04.